The lowest BCUT2D eigenvalue weighted by Crippen LogP contribution is -2.42. The van der Waals surface area contributed by atoms with Crippen LogP contribution in [0.4, 0.5) is 8.78 Å². The highest BCUT2D eigenvalue weighted by atomic mass is 19.2. The van der Waals surface area contributed by atoms with Gasteiger partial charge in [-0.1, -0.05) is 12.1 Å². The Hall–Kier alpha value is -1.00. The average molecular weight is 241 g/mol. The summed E-state index contributed by atoms with van der Waals surface area (Å²) >= 11 is 0. The van der Waals surface area contributed by atoms with E-state index in [1.54, 1.807) is 6.07 Å². The van der Waals surface area contributed by atoms with E-state index in [-0.39, 0.29) is 0 Å². The lowest BCUT2D eigenvalue weighted by molar-refractivity contribution is 0.00264. The highest BCUT2D eigenvalue weighted by Gasteiger charge is 2.28. The highest BCUT2D eigenvalue weighted by Crippen LogP contribution is 2.25. The second kappa shape index (κ2) is 5.10. The van der Waals surface area contributed by atoms with E-state index < -0.39 is 17.2 Å². The summed E-state index contributed by atoms with van der Waals surface area (Å²) in [6.07, 6.45) is 2.20. The first kappa shape index (κ1) is 12.5. The minimum absolute atomic E-state index is 0.344. The Balaban J connectivity index is 1.99. The predicted molar refractivity (Wildman–Crippen MR) is 61.7 cm³/mol. The summed E-state index contributed by atoms with van der Waals surface area (Å²) in [5.41, 5.74) is -0.388. The van der Waals surface area contributed by atoms with Crippen molar-refractivity contribution >= 4 is 0 Å². The Morgan fingerprint density at radius 3 is 2.65 bits per heavy atom. The third-order valence-electron chi connectivity index (χ3n) is 3.43. The molecule has 2 nitrogen and oxygen atoms in total. The minimum Gasteiger partial charge on any atom is -0.390 e. The number of halogens is 2. The molecular weight excluding hydrogens is 224 g/mol. The van der Waals surface area contributed by atoms with Crippen molar-refractivity contribution in [1.29, 1.82) is 0 Å². The summed E-state index contributed by atoms with van der Waals surface area (Å²) in [5.74, 6) is -1.61. The lowest BCUT2D eigenvalue weighted by atomic mass is 9.86. The normalized spacial score (nSPS) is 19.2. The first-order valence-corrected chi connectivity index (χ1v) is 5.97. The van der Waals surface area contributed by atoms with Crippen LogP contribution in [0, 0.1) is 11.6 Å². The first-order valence-electron chi connectivity index (χ1n) is 5.97. The van der Waals surface area contributed by atoms with Crippen molar-refractivity contribution in [2.24, 2.45) is 0 Å². The zero-order chi connectivity index (χ0) is 12.3. The van der Waals surface area contributed by atoms with Gasteiger partial charge in [0.05, 0.1) is 5.60 Å². The van der Waals surface area contributed by atoms with Crippen molar-refractivity contribution in [3.63, 3.8) is 0 Å². The minimum atomic E-state index is -0.820. The van der Waals surface area contributed by atoms with E-state index in [1.807, 2.05) is 0 Å². The van der Waals surface area contributed by atoms with E-state index in [4.69, 9.17) is 0 Å². The molecule has 4 heteroatoms. The summed E-state index contributed by atoms with van der Waals surface area (Å²) in [4.78, 5) is 0. The Morgan fingerprint density at radius 1 is 1.24 bits per heavy atom. The predicted octanol–water partition coefficient (Wildman–Crippen LogP) is 2.01. The topological polar surface area (TPSA) is 32.3 Å². The monoisotopic (exact) mass is 241 g/mol. The lowest BCUT2D eigenvalue weighted by Gasteiger charge is -2.32. The van der Waals surface area contributed by atoms with Crippen LogP contribution >= 0.6 is 0 Å². The van der Waals surface area contributed by atoms with E-state index in [1.165, 1.54) is 6.07 Å². The van der Waals surface area contributed by atoms with Gasteiger partial charge in [0.2, 0.25) is 0 Å². The molecule has 1 aliphatic rings. The van der Waals surface area contributed by atoms with E-state index in [0.29, 0.717) is 31.2 Å². The standard InChI is InChI=1S/C13H17F2NO/c14-11-3-1-2-10(12(11)15)4-5-13(17)6-8-16-9-7-13/h1-3,16-17H,4-9H2. The number of hydrogen-bond acceptors (Lipinski definition) is 2. The zero-order valence-electron chi connectivity index (χ0n) is 9.68. The van der Waals surface area contributed by atoms with Crippen molar-refractivity contribution in [3.8, 4) is 0 Å². The third kappa shape index (κ3) is 3.01. The molecule has 0 atom stereocenters. The van der Waals surface area contributed by atoms with Gasteiger partial charge in [0, 0.05) is 0 Å². The van der Waals surface area contributed by atoms with Crippen LogP contribution in [0.15, 0.2) is 18.2 Å². The van der Waals surface area contributed by atoms with Crippen molar-refractivity contribution in [3.05, 3.63) is 35.4 Å². The largest absolute Gasteiger partial charge is 0.390 e. The molecule has 1 aromatic carbocycles. The molecule has 17 heavy (non-hydrogen) atoms. The molecule has 1 fully saturated rings. The molecule has 1 aliphatic heterocycles. The first-order chi connectivity index (χ1) is 8.11. The molecule has 1 saturated heterocycles. The molecule has 0 spiro atoms. The van der Waals surface area contributed by atoms with E-state index >= 15 is 0 Å². The van der Waals surface area contributed by atoms with Crippen molar-refractivity contribution < 1.29 is 13.9 Å². The summed E-state index contributed by atoms with van der Waals surface area (Å²) in [5, 5.41) is 13.4. The summed E-state index contributed by atoms with van der Waals surface area (Å²) in [6, 6.07) is 4.18. The summed E-state index contributed by atoms with van der Waals surface area (Å²) in [6.45, 7) is 1.56. The van der Waals surface area contributed by atoms with Crippen molar-refractivity contribution in [2.45, 2.75) is 31.3 Å². The van der Waals surface area contributed by atoms with Gasteiger partial charge in [-0.15, -0.1) is 0 Å². The molecule has 0 bridgehead atoms. The van der Waals surface area contributed by atoms with E-state index in [0.717, 1.165) is 19.2 Å². The molecule has 1 heterocycles. The van der Waals surface area contributed by atoms with Gasteiger partial charge in [0.25, 0.3) is 0 Å². The Bertz CT molecular complexity index is 389. The van der Waals surface area contributed by atoms with Gasteiger partial charge in [-0.3, -0.25) is 0 Å². The molecule has 0 aliphatic carbocycles. The van der Waals surface area contributed by atoms with Crippen LogP contribution in [0.25, 0.3) is 0 Å². The van der Waals surface area contributed by atoms with Gasteiger partial charge in [-0.25, -0.2) is 8.78 Å². The van der Waals surface area contributed by atoms with Gasteiger partial charge >= 0.3 is 0 Å². The average Bonchev–Trinajstić information content (AvgIpc) is 2.32. The van der Waals surface area contributed by atoms with Crippen LogP contribution in [-0.2, 0) is 6.42 Å². The van der Waals surface area contributed by atoms with Crippen LogP contribution in [0.5, 0.6) is 0 Å². The molecular formula is C13H17F2NO. The Labute approximate surface area is 99.7 Å². The SMILES string of the molecule is OC1(CCc2cccc(F)c2F)CCNCC1. The highest BCUT2D eigenvalue weighted by molar-refractivity contribution is 5.19. The van der Waals surface area contributed by atoms with Crippen LogP contribution in [-0.4, -0.2) is 23.8 Å². The van der Waals surface area contributed by atoms with Gasteiger partial charge in [-0.05, 0) is 50.4 Å². The number of rotatable bonds is 3. The van der Waals surface area contributed by atoms with Gasteiger partial charge in [-0.2, -0.15) is 0 Å². The number of benzene rings is 1. The summed E-state index contributed by atoms with van der Waals surface area (Å²) < 4.78 is 26.4. The maximum Gasteiger partial charge on any atom is 0.162 e. The number of hydrogen-bond donors (Lipinski definition) is 2. The van der Waals surface area contributed by atoms with Crippen molar-refractivity contribution in [1.82, 2.24) is 5.32 Å². The van der Waals surface area contributed by atoms with E-state index in [2.05, 4.69) is 5.32 Å². The van der Waals surface area contributed by atoms with E-state index in [9.17, 15) is 13.9 Å². The van der Waals surface area contributed by atoms with Crippen LogP contribution in [0.3, 0.4) is 0 Å². The molecule has 0 saturated carbocycles. The fourth-order valence-electron chi connectivity index (χ4n) is 2.25. The van der Waals surface area contributed by atoms with Gasteiger partial charge in [0.15, 0.2) is 11.6 Å². The zero-order valence-corrected chi connectivity index (χ0v) is 9.68. The van der Waals surface area contributed by atoms with Gasteiger partial charge < -0.3 is 10.4 Å². The molecule has 2 N–H and O–H groups in total. The molecule has 0 amide bonds. The molecule has 2 rings (SSSR count). The molecule has 0 radical (unpaired) electrons. The number of aryl methyl sites for hydroxylation is 1. The Kier molecular flexibility index (Phi) is 3.74. The number of piperidine rings is 1. The quantitative estimate of drug-likeness (QED) is 0.848. The van der Waals surface area contributed by atoms with Crippen LogP contribution in [0.2, 0.25) is 0 Å². The Morgan fingerprint density at radius 2 is 1.94 bits per heavy atom. The molecule has 1 aromatic rings. The number of nitrogens with one attached hydrogen (secondary N) is 1. The molecule has 0 aromatic heterocycles. The van der Waals surface area contributed by atoms with Gasteiger partial charge in [0.1, 0.15) is 0 Å². The smallest absolute Gasteiger partial charge is 0.162 e. The number of aliphatic hydroxyl groups is 1. The second-order valence-electron chi connectivity index (χ2n) is 4.69. The fourth-order valence-corrected chi connectivity index (χ4v) is 2.25. The molecule has 94 valence electrons. The van der Waals surface area contributed by atoms with Crippen LogP contribution in [0.1, 0.15) is 24.8 Å². The third-order valence-corrected chi connectivity index (χ3v) is 3.43. The summed E-state index contributed by atoms with van der Waals surface area (Å²) in [7, 11) is 0. The molecule has 0 unspecified atom stereocenters. The maximum absolute atomic E-state index is 13.4. The van der Waals surface area contributed by atoms with Crippen LogP contribution < -0.4 is 5.32 Å². The maximum atomic E-state index is 13.4. The second-order valence-corrected chi connectivity index (χ2v) is 4.69. The fraction of sp³-hybridized carbons (Fsp3) is 0.538. The van der Waals surface area contributed by atoms with Crippen molar-refractivity contribution in [2.75, 3.05) is 13.1 Å².